The highest BCUT2D eigenvalue weighted by Crippen LogP contribution is 2.42. The second-order valence-electron chi connectivity index (χ2n) is 23.7. The lowest BCUT2D eigenvalue weighted by Gasteiger charge is -2.33. The van der Waals surface area contributed by atoms with E-state index < -0.39 is 6.04 Å². The third kappa shape index (κ3) is 41.6. The summed E-state index contributed by atoms with van der Waals surface area (Å²) in [6, 6.07) is -0.781. The Bertz CT molecular complexity index is 2250. The van der Waals surface area contributed by atoms with E-state index in [0.717, 1.165) is 48.2 Å². The fraction of sp³-hybridized carbons (Fsp3) is 0.676. The van der Waals surface area contributed by atoms with E-state index >= 15 is 0 Å². The van der Waals surface area contributed by atoms with Gasteiger partial charge in [-0.1, -0.05) is 118 Å². The monoisotopic (exact) mass is 1240 g/mol. The Hall–Kier alpha value is -4.63. The van der Waals surface area contributed by atoms with Crippen molar-refractivity contribution in [3.8, 4) is 0 Å². The summed E-state index contributed by atoms with van der Waals surface area (Å²) in [4.78, 5) is 39.6. The molecule has 3 N–H and O–H groups in total. The van der Waals surface area contributed by atoms with Gasteiger partial charge in [-0.3, -0.25) is 14.4 Å². The van der Waals surface area contributed by atoms with Crippen molar-refractivity contribution in [1.29, 1.82) is 0 Å². The van der Waals surface area contributed by atoms with Gasteiger partial charge >= 0.3 is 0 Å². The maximum atomic E-state index is 13.5. The van der Waals surface area contributed by atoms with Crippen molar-refractivity contribution in [3.05, 3.63) is 117 Å². The first-order valence-corrected chi connectivity index (χ1v) is 32.5. The standard InChI is InChI=1S/C71H117N3O14/c1-12-34-78-36-38-80-40-42-82-44-46-84-48-50-86-52-54-88-55-53-87-51-49-85-47-45-83-43-41-81-39-37-79-35-33-73-69(77)66(74-68(76)57-61(5)22-16-20-59(3)27-29-65-63(7)24-18-31-71(65,10)11)25-13-14-32-72-67(75)56-60(4)21-15-19-58(2)26-28-64-62(6)23-17-30-70(64,8)9/h15-16,19-22,26-29,56-57,66H,12-14,17-18,23-25,30-55H2,1-11H3,(H,72,75)(H,73,77)(H,74,76)/b21-15+,22-16+,28-26+,29-27+,58-19+,59-20+,60-56+,61-57+/t66-/m1/s1. The maximum absolute atomic E-state index is 13.5. The molecule has 0 saturated carbocycles. The SMILES string of the molecule is CCCOCCOCCOCCOCCOCCOCCOCCOCCOCCOCCOCCNC(=O)[C@@H](CCCCNC(=O)/C=C(C)/C=C/C=C(C)/C=C/C1=C(C)CCCC1(C)C)NC(=O)/C=C(C)/C=C/C=C(C)/C=C/C1=C(C)CCCC1(C)C. The highest BCUT2D eigenvalue weighted by molar-refractivity contribution is 5.93. The van der Waals surface area contributed by atoms with Crippen LogP contribution in [0.3, 0.4) is 0 Å². The van der Waals surface area contributed by atoms with Gasteiger partial charge in [0.05, 0.1) is 139 Å². The molecular formula is C71H117N3O14. The van der Waals surface area contributed by atoms with Crippen LogP contribution in [0.4, 0.5) is 0 Å². The van der Waals surface area contributed by atoms with Crippen molar-refractivity contribution in [1.82, 2.24) is 16.0 Å². The molecule has 0 aromatic heterocycles. The van der Waals surface area contributed by atoms with Crippen molar-refractivity contribution in [2.75, 3.05) is 158 Å². The molecule has 0 saturated heterocycles. The van der Waals surface area contributed by atoms with Gasteiger partial charge < -0.3 is 68.1 Å². The van der Waals surface area contributed by atoms with E-state index in [9.17, 15) is 14.4 Å². The average molecular weight is 1240 g/mol. The van der Waals surface area contributed by atoms with E-state index in [1.54, 1.807) is 6.08 Å². The summed E-state index contributed by atoms with van der Waals surface area (Å²) in [6.07, 6.45) is 33.5. The molecule has 0 aromatic rings. The van der Waals surface area contributed by atoms with Crippen molar-refractivity contribution in [2.45, 2.75) is 146 Å². The minimum absolute atomic E-state index is 0.171. The predicted octanol–water partition coefficient (Wildman–Crippen LogP) is 11.5. The van der Waals surface area contributed by atoms with Gasteiger partial charge in [0.2, 0.25) is 17.7 Å². The molecule has 3 amide bonds. The lowest BCUT2D eigenvalue weighted by atomic mass is 9.72. The van der Waals surface area contributed by atoms with Crippen LogP contribution >= 0.6 is 0 Å². The van der Waals surface area contributed by atoms with E-state index in [2.05, 4.69) is 109 Å². The zero-order valence-corrected chi connectivity index (χ0v) is 56.3. The van der Waals surface area contributed by atoms with Gasteiger partial charge in [0.1, 0.15) is 6.04 Å². The lowest BCUT2D eigenvalue weighted by molar-refractivity contribution is -0.127. The van der Waals surface area contributed by atoms with Gasteiger partial charge in [-0.05, 0) is 139 Å². The van der Waals surface area contributed by atoms with Gasteiger partial charge in [-0.15, -0.1) is 0 Å². The molecule has 0 heterocycles. The summed E-state index contributed by atoms with van der Waals surface area (Å²) in [5.74, 6) is -0.849. The zero-order valence-electron chi connectivity index (χ0n) is 56.3. The molecule has 88 heavy (non-hydrogen) atoms. The van der Waals surface area contributed by atoms with Crippen LogP contribution in [0, 0.1) is 10.8 Å². The third-order valence-electron chi connectivity index (χ3n) is 14.7. The van der Waals surface area contributed by atoms with Gasteiger partial charge in [0, 0.05) is 31.8 Å². The van der Waals surface area contributed by atoms with Gasteiger partial charge in [-0.2, -0.15) is 0 Å². The average Bonchev–Trinajstić information content (AvgIpc) is 2.84. The first-order valence-electron chi connectivity index (χ1n) is 32.5. The van der Waals surface area contributed by atoms with Crippen LogP contribution < -0.4 is 16.0 Å². The molecule has 0 spiro atoms. The van der Waals surface area contributed by atoms with Gasteiger partial charge in [-0.25, -0.2) is 0 Å². The quantitative estimate of drug-likeness (QED) is 0.0296. The molecule has 0 radical (unpaired) electrons. The van der Waals surface area contributed by atoms with Crippen LogP contribution in [0.1, 0.15) is 140 Å². The fourth-order valence-electron chi connectivity index (χ4n) is 9.81. The van der Waals surface area contributed by atoms with E-state index in [0.29, 0.717) is 158 Å². The summed E-state index contributed by atoms with van der Waals surface area (Å²) < 4.78 is 60.9. The molecule has 500 valence electrons. The summed E-state index contributed by atoms with van der Waals surface area (Å²) in [6.45, 7) is 35.0. The van der Waals surface area contributed by atoms with E-state index in [-0.39, 0.29) is 41.7 Å². The van der Waals surface area contributed by atoms with E-state index in [4.69, 9.17) is 52.1 Å². The third-order valence-corrected chi connectivity index (χ3v) is 14.7. The molecule has 0 aliphatic heterocycles. The smallest absolute Gasteiger partial charge is 0.244 e. The van der Waals surface area contributed by atoms with Crippen LogP contribution in [0.5, 0.6) is 0 Å². The highest BCUT2D eigenvalue weighted by atomic mass is 16.6. The second-order valence-corrected chi connectivity index (χ2v) is 23.7. The minimum Gasteiger partial charge on any atom is -0.379 e. The first kappa shape index (κ1) is 79.5. The molecule has 1 atom stereocenters. The Morgan fingerprint density at radius 2 is 0.795 bits per heavy atom. The number of hydrogen-bond donors (Lipinski definition) is 3. The number of unbranched alkanes of at least 4 members (excludes halogenated alkanes) is 1. The number of carbonyl (C=O) groups excluding carboxylic acids is 3. The molecule has 0 unspecified atom stereocenters. The first-order chi connectivity index (χ1) is 42.4. The van der Waals surface area contributed by atoms with Crippen molar-refractivity contribution in [2.24, 2.45) is 10.8 Å². The number of amides is 3. The fourth-order valence-corrected chi connectivity index (χ4v) is 9.81. The molecule has 2 aliphatic rings. The molecule has 0 fully saturated rings. The topological polar surface area (TPSA) is 189 Å². The number of allylic oxidation sites excluding steroid dienone is 18. The van der Waals surface area contributed by atoms with Crippen molar-refractivity contribution in [3.63, 3.8) is 0 Å². The van der Waals surface area contributed by atoms with E-state index in [1.807, 2.05) is 44.2 Å². The number of hydrogen-bond acceptors (Lipinski definition) is 14. The number of nitrogens with one attached hydrogen (secondary N) is 3. The zero-order chi connectivity index (χ0) is 64.4. The molecule has 2 aliphatic carbocycles. The molecular weight excluding hydrogens is 1120 g/mol. The second kappa shape index (κ2) is 51.0. The molecule has 17 heteroatoms. The lowest BCUT2D eigenvalue weighted by Crippen LogP contribution is -2.47. The van der Waals surface area contributed by atoms with Crippen LogP contribution in [0.25, 0.3) is 0 Å². The summed E-state index contributed by atoms with van der Waals surface area (Å²) in [5, 5.41) is 8.79. The van der Waals surface area contributed by atoms with Crippen LogP contribution in [-0.4, -0.2) is 182 Å². The number of ether oxygens (including phenoxy) is 11. The molecule has 17 nitrogen and oxygen atoms in total. The molecule has 0 aromatic carbocycles. The van der Waals surface area contributed by atoms with Crippen LogP contribution in [0.2, 0.25) is 0 Å². The Morgan fingerprint density at radius 3 is 1.16 bits per heavy atom. The summed E-state index contributed by atoms with van der Waals surface area (Å²) in [7, 11) is 0. The largest absolute Gasteiger partial charge is 0.379 e. The molecule has 2 rings (SSSR count). The van der Waals surface area contributed by atoms with Crippen molar-refractivity contribution >= 4 is 17.7 Å². The van der Waals surface area contributed by atoms with E-state index in [1.165, 1.54) is 54.1 Å². The maximum Gasteiger partial charge on any atom is 0.244 e. The van der Waals surface area contributed by atoms with Gasteiger partial charge in [0.25, 0.3) is 0 Å². The normalized spacial score (nSPS) is 16.5. The van der Waals surface area contributed by atoms with Crippen molar-refractivity contribution < 1.29 is 66.5 Å². The van der Waals surface area contributed by atoms with Gasteiger partial charge in [0.15, 0.2) is 0 Å². The Kier molecular flexibility index (Phi) is 46.1. The number of carbonyl (C=O) groups is 3. The van der Waals surface area contributed by atoms with Crippen LogP contribution in [-0.2, 0) is 66.5 Å². The highest BCUT2D eigenvalue weighted by Gasteiger charge is 2.27. The summed E-state index contributed by atoms with van der Waals surface area (Å²) in [5.41, 5.74) is 9.97. The number of rotatable bonds is 52. The Labute approximate surface area is 531 Å². The molecule has 0 bridgehead atoms. The Morgan fingerprint density at radius 1 is 0.443 bits per heavy atom. The minimum atomic E-state index is -0.781. The van der Waals surface area contributed by atoms with Crippen LogP contribution in [0.15, 0.2) is 117 Å². The summed E-state index contributed by atoms with van der Waals surface area (Å²) >= 11 is 0. The predicted molar refractivity (Wildman–Crippen MR) is 353 cm³/mol. The Balaban J connectivity index is 1.65.